The first-order valence-corrected chi connectivity index (χ1v) is 19.2. The summed E-state index contributed by atoms with van der Waals surface area (Å²) in [6, 6.07) is 0. The average Bonchev–Trinajstić information content (AvgIpc) is 3.17. The molecule has 7 aliphatic rings. The van der Waals surface area contributed by atoms with Crippen LogP contribution in [-0.4, -0.2) is 84.5 Å². The monoisotopic (exact) mass is 713 g/mol. The molecule has 284 valence electrons. The van der Waals surface area contributed by atoms with Crippen LogP contribution in [0.1, 0.15) is 98.8 Å². The van der Waals surface area contributed by atoms with E-state index >= 15 is 0 Å². The summed E-state index contributed by atoms with van der Waals surface area (Å²) in [5, 5.41) is 10.4. The first kappa shape index (κ1) is 37.1. The lowest BCUT2D eigenvalue weighted by molar-refractivity contribution is -0.460. The quantitative estimate of drug-likeness (QED) is 0.0998. The zero-order valence-corrected chi connectivity index (χ0v) is 30.4. The second kappa shape index (κ2) is 13.9. The van der Waals surface area contributed by atoms with Crippen LogP contribution in [0.25, 0.3) is 0 Å². The molecule has 12 heteroatoms. The molecule has 2 bridgehead atoms. The van der Waals surface area contributed by atoms with Crippen molar-refractivity contribution in [2.24, 2.45) is 41.4 Å². The number of hydrogen-bond acceptors (Lipinski definition) is 9. The average molecular weight is 714 g/mol. The number of allylic oxidation sites excluding steroid dienone is 1. The molecule has 0 aromatic rings. The molecule has 5 heterocycles. The van der Waals surface area contributed by atoms with Gasteiger partial charge in [0.05, 0.1) is 6.10 Å². The molecule has 14 atom stereocenters. The van der Waals surface area contributed by atoms with Crippen LogP contribution in [0.5, 0.6) is 0 Å². The normalized spacial score (nSPS) is 47.0. The number of rotatable bonds is 11. The van der Waals surface area contributed by atoms with Crippen LogP contribution in [0.15, 0.2) is 24.0 Å². The van der Waals surface area contributed by atoms with Crippen molar-refractivity contribution >= 4 is 0 Å². The summed E-state index contributed by atoms with van der Waals surface area (Å²) in [6.07, 6.45) is 2.86. The summed E-state index contributed by atoms with van der Waals surface area (Å²) in [5.41, 5.74) is -1.55. The maximum atomic E-state index is 14.7. The highest BCUT2D eigenvalue weighted by atomic mass is 19.4. The van der Waals surface area contributed by atoms with E-state index in [2.05, 4.69) is 27.4 Å². The van der Waals surface area contributed by atoms with E-state index in [1.165, 1.54) is 0 Å². The molecule has 0 aromatic carbocycles. The van der Waals surface area contributed by atoms with Crippen molar-refractivity contribution in [1.82, 2.24) is 4.90 Å². The lowest BCUT2D eigenvalue weighted by Gasteiger charge is -2.57. The molecule has 0 radical (unpaired) electrons. The molecule has 5 aliphatic heterocycles. The van der Waals surface area contributed by atoms with Crippen molar-refractivity contribution < 1.29 is 51.7 Å². The second-order valence-corrected chi connectivity index (χ2v) is 16.8. The predicted octanol–water partition coefficient (Wildman–Crippen LogP) is 7.81. The minimum Gasteiger partial charge on any atom is -0.456 e. The molecule has 2 aliphatic carbocycles. The van der Waals surface area contributed by atoms with Crippen molar-refractivity contribution in [3.05, 3.63) is 24.0 Å². The van der Waals surface area contributed by atoms with E-state index in [9.17, 15) is 18.4 Å². The van der Waals surface area contributed by atoms with Crippen molar-refractivity contribution in [2.75, 3.05) is 26.2 Å². The molecule has 50 heavy (non-hydrogen) atoms. The number of fused-ring (bicyclic) bond motifs is 1. The molecule has 6 fully saturated rings. The van der Waals surface area contributed by atoms with Gasteiger partial charge in [-0.15, -0.1) is 6.58 Å². The van der Waals surface area contributed by atoms with Crippen molar-refractivity contribution in [3.63, 3.8) is 0 Å². The molecule has 7 rings (SSSR count). The zero-order chi connectivity index (χ0) is 35.6. The van der Waals surface area contributed by atoms with Gasteiger partial charge >= 0.3 is 6.18 Å². The second-order valence-electron chi connectivity index (χ2n) is 16.8. The lowest BCUT2D eigenvalue weighted by atomic mass is 9.58. The van der Waals surface area contributed by atoms with Crippen molar-refractivity contribution in [2.45, 2.75) is 147 Å². The Hall–Kier alpha value is -1.25. The Bertz CT molecular complexity index is 1280. The fraction of sp³-hybridized carbons (Fsp3) is 0.895. The number of hydrogen-bond donors (Lipinski definition) is 1. The Labute approximate surface area is 295 Å². The van der Waals surface area contributed by atoms with Gasteiger partial charge in [0.25, 0.3) is 0 Å². The first-order valence-electron chi connectivity index (χ1n) is 19.2. The van der Waals surface area contributed by atoms with Crippen LogP contribution in [0.4, 0.5) is 13.2 Å². The van der Waals surface area contributed by atoms with Gasteiger partial charge in [-0.1, -0.05) is 26.8 Å². The minimum absolute atomic E-state index is 0.0182. The Balaban J connectivity index is 1.01. The Morgan fingerprint density at radius 1 is 0.940 bits per heavy atom. The molecule has 4 saturated heterocycles. The van der Waals surface area contributed by atoms with E-state index in [1.54, 1.807) is 6.08 Å². The zero-order valence-electron chi connectivity index (χ0n) is 30.4. The van der Waals surface area contributed by atoms with Crippen LogP contribution in [-0.2, 0) is 33.3 Å². The topological polar surface area (TPSA) is 88.1 Å². The standard InChI is InChI=1S/C38H58F3NO8/c1-7-18-42(21-26-30-14-11-23(3)28-16-17-35(6)48-34(36(28,30)49-35)46-31(26)38(39,40)41)19-8-9-20-44-32-25(5)29-13-10-22(2)27-15-12-24(4)45-33(47-32)37(27,29)50-43/h7,22-25,27-30,32-34,43H,1,8-21H2,2-6H3. The van der Waals surface area contributed by atoms with Gasteiger partial charge in [0.15, 0.2) is 24.0 Å². The molecule has 14 unspecified atom stereocenters. The number of halogens is 3. The van der Waals surface area contributed by atoms with Crippen LogP contribution in [0, 0.1) is 41.4 Å². The summed E-state index contributed by atoms with van der Waals surface area (Å²) in [4.78, 5) is 7.44. The number of ether oxygens (including phenoxy) is 6. The SMILES string of the molecule is C=CCN(CCCCOC1OC2OC(C)CCC3C(C)CCC(C1C)C23OO)CC1=C(C(F)(F)F)OC2OC3(C)CCC4C(C)CCC1C24O3. The molecular weight excluding hydrogens is 655 g/mol. The van der Waals surface area contributed by atoms with Gasteiger partial charge in [-0.05, 0) is 107 Å². The van der Waals surface area contributed by atoms with Crippen LogP contribution in [0.3, 0.4) is 0 Å². The van der Waals surface area contributed by atoms with E-state index < -0.39 is 53.7 Å². The van der Waals surface area contributed by atoms with Gasteiger partial charge in [-0.25, -0.2) is 4.89 Å². The van der Waals surface area contributed by atoms with Gasteiger partial charge in [-0.2, -0.15) is 13.2 Å². The van der Waals surface area contributed by atoms with Crippen LogP contribution >= 0.6 is 0 Å². The highest BCUT2D eigenvalue weighted by Crippen LogP contribution is 2.64. The third kappa shape index (κ3) is 6.09. The largest absolute Gasteiger partial charge is 0.456 e. The molecule has 0 amide bonds. The molecule has 9 nitrogen and oxygen atoms in total. The highest BCUT2D eigenvalue weighted by molar-refractivity contribution is 5.30. The molecule has 0 aromatic heterocycles. The molecule has 1 spiro atoms. The van der Waals surface area contributed by atoms with Crippen molar-refractivity contribution in [3.8, 4) is 0 Å². The van der Waals surface area contributed by atoms with E-state index in [0.29, 0.717) is 57.2 Å². The van der Waals surface area contributed by atoms with Gasteiger partial charge in [0.2, 0.25) is 12.0 Å². The summed E-state index contributed by atoms with van der Waals surface area (Å²) >= 11 is 0. The van der Waals surface area contributed by atoms with Crippen LogP contribution < -0.4 is 0 Å². The van der Waals surface area contributed by atoms with Gasteiger partial charge in [-0.3, -0.25) is 10.2 Å². The fourth-order valence-electron chi connectivity index (χ4n) is 11.3. The van der Waals surface area contributed by atoms with E-state index in [-0.39, 0.29) is 41.9 Å². The summed E-state index contributed by atoms with van der Waals surface area (Å²) in [7, 11) is 0. The summed E-state index contributed by atoms with van der Waals surface area (Å²) in [6.45, 7) is 15.8. The predicted molar refractivity (Wildman–Crippen MR) is 177 cm³/mol. The first-order chi connectivity index (χ1) is 23.8. The van der Waals surface area contributed by atoms with Crippen molar-refractivity contribution in [1.29, 1.82) is 0 Å². The molecular formula is C38H58F3NO8. The van der Waals surface area contributed by atoms with Gasteiger partial charge < -0.3 is 28.4 Å². The number of nitrogens with zero attached hydrogens (tertiary/aromatic N) is 1. The maximum Gasteiger partial charge on any atom is 0.449 e. The Morgan fingerprint density at radius 3 is 2.42 bits per heavy atom. The van der Waals surface area contributed by atoms with Crippen LogP contribution in [0.2, 0.25) is 0 Å². The fourth-order valence-corrected chi connectivity index (χ4v) is 11.3. The maximum absolute atomic E-state index is 14.7. The lowest BCUT2D eigenvalue weighted by Crippen LogP contribution is -2.67. The summed E-state index contributed by atoms with van der Waals surface area (Å²) < 4.78 is 81.9. The Kier molecular flexibility index (Phi) is 10.3. The van der Waals surface area contributed by atoms with E-state index in [0.717, 1.165) is 38.5 Å². The highest BCUT2D eigenvalue weighted by Gasteiger charge is 2.72. The van der Waals surface area contributed by atoms with E-state index in [4.69, 9.17) is 33.3 Å². The van der Waals surface area contributed by atoms with E-state index in [1.807, 2.05) is 18.7 Å². The van der Waals surface area contributed by atoms with Gasteiger partial charge in [0.1, 0.15) is 5.60 Å². The smallest absolute Gasteiger partial charge is 0.449 e. The number of unbranched alkanes of at least 4 members (excludes halogenated alkanes) is 1. The molecule has 1 N–H and O–H groups in total. The molecule has 2 saturated carbocycles. The Morgan fingerprint density at radius 2 is 1.68 bits per heavy atom. The number of alkyl halides is 3. The minimum atomic E-state index is -4.64. The summed E-state index contributed by atoms with van der Waals surface area (Å²) in [5.74, 6) is -1.38. The third-order valence-electron chi connectivity index (χ3n) is 13.7. The van der Waals surface area contributed by atoms with Gasteiger partial charge in [0, 0.05) is 43.9 Å². The third-order valence-corrected chi connectivity index (χ3v) is 13.7.